The van der Waals surface area contributed by atoms with Gasteiger partial charge in [0.2, 0.25) is 17.8 Å². The number of aromatic nitrogens is 3. The van der Waals surface area contributed by atoms with Crippen molar-refractivity contribution in [2.24, 2.45) is 11.3 Å². The Morgan fingerprint density at radius 2 is 1.70 bits per heavy atom. The smallest absolute Gasteiger partial charge is 0.293 e. The minimum absolute atomic E-state index is 0.0866. The van der Waals surface area contributed by atoms with Crippen molar-refractivity contribution in [3.63, 3.8) is 0 Å². The molecule has 5 amide bonds. The molecular formula is C43H47ClN10O7. The van der Waals surface area contributed by atoms with E-state index in [0.717, 1.165) is 80.1 Å². The number of nitrogens with zero attached hydrogens (tertiary/aromatic N) is 7. The van der Waals surface area contributed by atoms with Crippen molar-refractivity contribution in [1.29, 1.82) is 0 Å². The molecule has 2 aromatic heterocycles. The molecule has 18 heteroatoms. The van der Waals surface area contributed by atoms with Gasteiger partial charge < -0.3 is 34.6 Å². The van der Waals surface area contributed by atoms with Crippen LogP contribution in [-0.2, 0) is 14.4 Å². The van der Waals surface area contributed by atoms with Crippen LogP contribution in [0.3, 0.4) is 0 Å². The van der Waals surface area contributed by atoms with Crippen molar-refractivity contribution in [2.45, 2.75) is 51.6 Å². The molecule has 17 nitrogen and oxygen atoms in total. The van der Waals surface area contributed by atoms with Crippen LogP contribution in [0.25, 0.3) is 10.9 Å². The zero-order chi connectivity index (χ0) is 42.7. The van der Waals surface area contributed by atoms with E-state index in [1.165, 1.54) is 7.05 Å². The fourth-order valence-corrected chi connectivity index (χ4v) is 9.62. The van der Waals surface area contributed by atoms with Crippen LogP contribution in [0.4, 0.5) is 23.1 Å². The van der Waals surface area contributed by atoms with Crippen molar-refractivity contribution >= 4 is 75.2 Å². The van der Waals surface area contributed by atoms with Crippen LogP contribution in [0, 0.1) is 11.3 Å². The van der Waals surface area contributed by atoms with E-state index in [0.29, 0.717) is 39.5 Å². The number of fused-ring (bicyclic) bond motifs is 2. The van der Waals surface area contributed by atoms with Crippen LogP contribution in [0.15, 0.2) is 53.5 Å². The molecule has 1 atom stereocenters. The fourth-order valence-electron chi connectivity index (χ4n) is 9.48. The third kappa shape index (κ3) is 7.53. The largest absolute Gasteiger partial charge is 0.478 e. The Hall–Kier alpha value is -6.07. The number of hydrogen-bond acceptors (Lipinski definition) is 13. The number of benzene rings is 2. The lowest BCUT2D eigenvalue weighted by Gasteiger charge is -2.61. The van der Waals surface area contributed by atoms with Crippen molar-refractivity contribution in [1.82, 2.24) is 35.0 Å². The van der Waals surface area contributed by atoms with E-state index in [1.54, 1.807) is 29.0 Å². The predicted octanol–water partition coefficient (Wildman–Crippen LogP) is 3.33. The SMILES string of the molecule is CNC(=O)COc1cc2cc(Nc3nc(N4CCC(CN5CC6(C5)CN(c5ccc7c(c5)C(=O)N(C5CCC(=O)NC5=O)C7=O)C6)CC4)ncc3Cl)ccc2n(C(C)C)c1=O. The number of rotatable bonds is 11. The molecule has 0 aliphatic carbocycles. The van der Waals surface area contributed by atoms with Gasteiger partial charge in [-0.3, -0.25) is 39.0 Å². The average Bonchev–Trinajstić information content (AvgIpc) is 3.46. The quantitative estimate of drug-likeness (QED) is 0.187. The van der Waals surface area contributed by atoms with Gasteiger partial charge in [0.25, 0.3) is 23.3 Å². The lowest BCUT2D eigenvalue weighted by atomic mass is 9.72. The molecule has 5 aliphatic heterocycles. The van der Waals surface area contributed by atoms with E-state index in [-0.39, 0.29) is 48.1 Å². The van der Waals surface area contributed by atoms with Gasteiger partial charge in [-0.05, 0) is 81.5 Å². The highest BCUT2D eigenvalue weighted by atomic mass is 35.5. The highest BCUT2D eigenvalue weighted by Crippen LogP contribution is 2.43. The average molecular weight is 851 g/mol. The molecule has 0 radical (unpaired) electrons. The molecule has 0 saturated carbocycles. The topological polar surface area (TPSA) is 191 Å². The maximum absolute atomic E-state index is 13.3. The summed E-state index contributed by atoms with van der Waals surface area (Å²) in [6.07, 6.45) is 3.84. The molecule has 61 heavy (non-hydrogen) atoms. The summed E-state index contributed by atoms with van der Waals surface area (Å²) < 4.78 is 7.26. The van der Waals surface area contributed by atoms with E-state index < -0.39 is 29.7 Å². The number of nitrogens with one attached hydrogen (secondary N) is 3. The Bertz CT molecular complexity index is 2540. The number of carbonyl (C=O) groups excluding carboxylic acids is 5. The molecule has 4 aromatic rings. The molecule has 7 heterocycles. The Balaban J connectivity index is 0.772. The molecule has 4 saturated heterocycles. The highest BCUT2D eigenvalue weighted by Gasteiger charge is 2.52. The summed E-state index contributed by atoms with van der Waals surface area (Å²) in [7, 11) is 1.51. The number of halogens is 1. The van der Waals surface area contributed by atoms with E-state index in [1.807, 2.05) is 38.1 Å². The van der Waals surface area contributed by atoms with Crippen LogP contribution < -0.4 is 36.0 Å². The normalized spacial score (nSPS) is 20.2. The van der Waals surface area contributed by atoms with Crippen molar-refractivity contribution in [2.75, 3.05) is 74.6 Å². The number of likely N-dealkylation sites (tertiary alicyclic amines) is 1. The maximum atomic E-state index is 13.3. The van der Waals surface area contributed by atoms with E-state index in [4.69, 9.17) is 21.3 Å². The van der Waals surface area contributed by atoms with E-state index in [2.05, 4.69) is 35.6 Å². The molecule has 5 aliphatic rings. The molecule has 2 aromatic carbocycles. The Morgan fingerprint density at radius 3 is 2.43 bits per heavy atom. The van der Waals surface area contributed by atoms with Gasteiger partial charge in [-0.25, -0.2) is 4.98 Å². The minimum atomic E-state index is -0.978. The van der Waals surface area contributed by atoms with Crippen molar-refractivity contribution < 1.29 is 28.7 Å². The fraction of sp³-hybridized carbons (Fsp3) is 0.442. The lowest BCUT2D eigenvalue weighted by Crippen LogP contribution is -2.72. The number of hydrogen-bond donors (Lipinski definition) is 3. The maximum Gasteiger partial charge on any atom is 0.293 e. The summed E-state index contributed by atoms with van der Waals surface area (Å²) >= 11 is 6.59. The number of piperidine rings is 2. The molecule has 318 valence electrons. The molecule has 4 fully saturated rings. The predicted molar refractivity (Wildman–Crippen MR) is 228 cm³/mol. The Morgan fingerprint density at radius 1 is 0.951 bits per heavy atom. The first-order valence-electron chi connectivity index (χ1n) is 20.7. The number of ether oxygens (including phenoxy) is 1. The first-order valence-corrected chi connectivity index (χ1v) is 21.1. The summed E-state index contributed by atoms with van der Waals surface area (Å²) in [6.45, 7) is 10.0. The third-order valence-electron chi connectivity index (χ3n) is 12.5. The first kappa shape index (κ1) is 40.3. The Labute approximate surface area is 356 Å². The van der Waals surface area contributed by atoms with Gasteiger partial charge in [-0.1, -0.05) is 11.6 Å². The highest BCUT2D eigenvalue weighted by molar-refractivity contribution is 6.33. The third-order valence-corrected chi connectivity index (χ3v) is 12.8. The first-order chi connectivity index (χ1) is 29.3. The number of likely N-dealkylation sites (N-methyl/N-ethyl adjacent to an activating group) is 1. The summed E-state index contributed by atoms with van der Waals surface area (Å²) in [5.41, 5.74) is 2.83. The molecule has 0 bridgehead atoms. The zero-order valence-electron chi connectivity index (χ0n) is 34.2. The van der Waals surface area contributed by atoms with Gasteiger partial charge in [0.15, 0.2) is 18.2 Å². The molecule has 1 spiro atoms. The van der Waals surface area contributed by atoms with Crippen molar-refractivity contribution in [3.05, 3.63) is 75.2 Å². The monoisotopic (exact) mass is 850 g/mol. The number of amides is 5. The minimum Gasteiger partial charge on any atom is -0.478 e. The van der Waals surface area contributed by atoms with Gasteiger partial charge in [0.1, 0.15) is 11.1 Å². The second-order valence-corrected chi connectivity index (χ2v) is 17.5. The molecule has 9 rings (SSSR count). The van der Waals surface area contributed by atoms with E-state index >= 15 is 0 Å². The van der Waals surface area contributed by atoms with Gasteiger partial charge in [0.05, 0.1) is 22.8 Å². The number of anilines is 4. The second-order valence-electron chi connectivity index (χ2n) is 17.1. The van der Waals surface area contributed by atoms with Crippen LogP contribution in [0.2, 0.25) is 5.02 Å². The van der Waals surface area contributed by atoms with E-state index in [9.17, 15) is 28.8 Å². The van der Waals surface area contributed by atoms with Crippen molar-refractivity contribution in [3.8, 4) is 5.75 Å². The van der Waals surface area contributed by atoms with Gasteiger partial charge in [-0.2, -0.15) is 4.98 Å². The lowest BCUT2D eigenvalue weighted by molar-refractivity contribution is -0.136. The summed E-state index contributed by atoms with van der Waals surface area (Å²) in [5.74, 6) is -0.621. The van der Waals surface area contributed by atoms with Crippen LogP contribution >= 0.6 is 11.6 Å². The van der Waals surface area contributed by atoms with Crippen LogP contribution in [0.5, 0.6) is 5.75 Å². The number of imide groups is 2. The molecule has 3 N–H and O–H groups in total. The van der Waals surface area contributed by atoms with Gasteiger partial charge >= 0.3 is 0 Å². The van der Waals surface area contributed by atoms with Crippen LogP contribution in [0.1, 0.15) is 66.3 Å². The standard InChI is InChI=1S/C43H47ClN10O7/c1-24(2)53-32-7-4-27(14-26(32)15-34(41(53)60)61-19-36(56)45-3)47-37-31(44)17-46-42(49-37)51-12-10-25(11-13-51)18-50-20-43(21-50)22-52(23-43)28-5-6-29-30(16-28)40(59)54(39(29)58)33-8-9-35(55)48-38(33)57/h4-7,14-17,24-25,33H,8-13,18-23H2,1-3H3,(H,45,56)(H,46,47,49)(H,48,55,57). The molecular weight excluding hydrogens is 804 g/mol. The zero-order valence-corrected chi connectivity index (χ0v) is 35.0. The van der Waals surface area contributed by atoms with Crippen LogP contribution in [-0.4, -0.2) is 119 Å². The summed E-state index contributed by atoms with van der Waals surface area (Å²) in [4.78, 5) is 92.9. The summed E-state index contributed by atoms with van der Waals surface area (Å²) in [6, 6.07) is 11.5. The molecule has 1 unspecified atom stereocenters. The second kappa shape index (κ2) is 15.8. The van der Waals surface area contributed by atoms with Gasteiger partial charge in [0, 0.05) is 87.5 Å². The Kier molecular flexibility index (Phi) is 10.4. The summed E-state index contributed by atoms with van der Waals surface area (Å²) in [5, 5.41) is 9.20. The number of carbonyl (C=O) groups is 5. The van der Waals surface area contributed by atoms with Gasteiger partial charge in [-0.15, -0.1) is 0 Å². The number of pyridine rings is 1.